The lowest BCUT2D eigenvalue weighted by molar-refractivity contribution is 0.139. The highest BCUT2D eigenvalue weighted by atomic mass is 16.5. The molecule has 5 heterocycles. The molecule has 3 aliphatic heterocycles. The number of ether oxygens (including phenoxy) is 1. The first kappa shape index (κ1) is 24.3. The number of hydrogen-bond acceptors (Lipinski definition) is 6. The van der Waals surface area contributed by atoms with Gasteiger partial charge in [0.05, 0.1) is 12.1 Å². The van der Waals surface area contributed by atoms with Crippen LogP contribution in [0.15, 0.2) is 81.4 Å². The van der Waals surface area contributed by atoms with Gasteiger partial charge >= 0.3 is 0 Å². The molecule has 6 unspecified atom stereocenters. The Bertz CT molecular complexity index is 1240. The number of pyridine rings is 2. The zero-order valence-corrected chi connectivity index (χ0v) is 21.8. The van der Waals surface area contributed by atoms with Crippen molar-refractivity contribution in [3.8, 4) is 0 Å². The molecule has 0 amide bonds. The van der Waals surface area contributed by atoms with Crippen LogP contribution in [0.5, 0.6) is 0 Å². The Morgan fingerprint density at radius 1 is 1.06 bits per heavy atom. The van der Waals surface area contributed by atoms with Gasteiger partial charge in [-0.25, -0.2) is 0 Å². The molecule has 2 aromatic rings. The Labute approximate surface area is 214 Å². The summed E-state index contributed by atoms with van der Waals surface area (Å²) < 4.78 is 6.12. The SMILES string of the molecule is CC(=NC1C(C)C(c2cccnc2)=NC(C(C)C2=C(c3cccnc3)OC2C)C1C)C1=CN=CCC1. The molecule has 0 bridgehead atoms. The maximum absolute atomic E-state index is 6.12. The van der Waals surface area contributed by atoms with Crippen molar-refractivity contribution in [2.24, 2.45) is 32.7 Å². The van der Waals surface area contributed by atoms with Crippen LogP contribution in [0.1, 0.15) is 58.6 Å². The molecular formula is C30H35N5O. The molecule has 186 valence electrons. The minimum atomic E-state index is 0.0627. The third-order valence-corrected chi connectivity index (χ3v) is 7.87. The topological polar surface area (TPSA) is 72.1 Å². The Morgan fingerprint density at radius 3 is 2.39 bits per heavy atom. The first-order valence-electron chi connectivity index (χ1n) is 13.0. The van der Waals surface area contributed by atoms with E-state index in [1.807, 2.05) is 43.1 Å². The molecule has 5 rings (SSSR count). The van der Waals surface area contributed by atoms with Crippen LogP contribution in [0.25, 0.3) is 5.76 Å². The van der Waals surface area contributed by atoms with Crippen molar-refractivity contribution in [3.63, 3.8) is 0 Å². The van der Waals surface area contributed by atoms with Crippen molar-refractivity contribution in [2.75, 3.05) is 0 Å². The van der Waals surface area contributed by atoms with Gasteiger partial charge in [-0.1, -0.05) is 26.8 Å². The highest BCUT2D eigenvalue weighted by molar-refractivity contribution is 6.04. The summed E-state index contributed by atoms with van der Waals surface area (Å²) in [5, 5.41) is 0. The van der Waals surface area contributed by atoms with E-state index in [2.05, 4.69) is 61.7 Å². The van der Waals surface area contributed by atoms with E-state index in [0.29, 0.717) is 0 Å². The summed E-state index contributed by atoms with van der Waals surface area (Å²) in [5.74, 6) is 1.59. The zero-order valence-electron chi connectivity index (χ0n) is 21.8. The summed E-state index contributed by atoms with van der Waals surface area (Å²) in [5.41, 5.74) is 6.83. The van der Waals surface area contributed by atoms with Crippen LogP contribution in [0.4, 0.5) is 0 Å². The fourth-order valence-corrected chi connectivity index (χ4v) is 5.87. The van der Waals surface area contributed by atoms with E-state index in [1.54, 1.807) is 6.20 Å². The standard InChI is InChI=1S/C30H35N5O/c1-18(26-22(5)36-30(26)25-11-8-14-33-17-25)27-19(2)28(34-21(4)23-9-6-12-31-15-23)20(3)29(35-27)24-10-7-13-32-16-24/h7-8,10-20,22,27-28H,6,9H2,1-5H3. The van der Waals surface area contributed by atoms with Gasteiger partial charge in [0.1, 0.15) is 11.9 Å². The number of nitrogens with zero attached hydrogens (tertiary/aromatic N) is 5. The first-order chi connectivity index (χ1) is 17.5. The van der Waals surface area contributed by atoms with Gasteiger partial charge in [0.15, 0.2) is 0 Å². The van der Waals surface area contributed by atoms with Gasteiger partial charge < -0.3 is 4.74 Å². The second-order valence-electron chi connectivity index (χ2n) is 10.2. The lowest BCUT2D eigenvalue weighted by Crippen LogP contribution is -2.46. The van der Waals surface area contributed by atoms with Crippen LogP contribution in [0.3, 0.4) is 0 Å². The van der Waals surface area contributed by atoms with Crippen molar-refractivity contribution in [3.05, 3.63) is 77.5 Å². The molecule has 0 N–H and O–H groups in total. The van der Waals surface area contributed by atoms with Crippen LogP contribution < -0.4 is 0 Å². The quantitative estimate of drug-likeness (QED) is 0.478. The minimum absolute atomic E-state index is 0.0627. The fourth-order valence-electron chi connectivity index (χ4n) is 5.87. The van der Waals surface area contributed by atoms with E-state index >= 15 is 0 Å². The zero-order chi connectivity index (χ0) is 25.2. The molecule has 2 aromatic heterocycles. The van der Waals surface area contributed by atoms with Crippen molar-refractivity contribution in [1.82, 2.24) is 9.97 Å². The van der Waals surface area contributed by atoms with Crippen LogP contribution in [0.2, 0.25) is 0 Å². The van der Waals surface area contributed by atoms with Gasteiger partial charge in [-0.2, -0.15) is 0 Å². The number of rotatable bonds is 6. The monoisotopic (exact) mass is 481 g/mol. The number of aliphatic imine (C=N–C) groups is 3. The van der Waals surface area contributed by atoms with Crippen molar-refractivity contribution < 1.29 is 4.74 Å². The molecule has 6 nitrogen and oxygen atoms in total. The molecule has 0 fully saturated rings. The predicted molar refractivity (Wildman–Crippen MR) is 146 cm³/mol. The van der Waals surface area contributed by atoms with Crippen molar-refractivity contribution in [1.29, 1.82) is 0 Å². The summed E-state index contributed by atoms with van der Waals surface area (Å²) in [4.78, 5) is 23.8. The third-order valence-electron chi connectivity index (χ3n) is 7.87. The molecule has 0 spiro atoms. The smallest absolute Gasteiger partial charge is 0.132 e. The average molecular weight is 482 g/mol. The van der Waals surface area contributed by atoms with Crippen LogP contribution >= 0.6 is 0 Å². The second kappa shape index (κ2) is 10.3. The normalized spacial score (nSPS) is 29.1. The summed E-state index contributed by atoms with van der Waals surface area (Å²) in [6.07, 6.45) is 13.4. The molecule has 36 heavy (non-hydrogen) atoms. The molecular weight excluding hydrogens is 446 g/mol. The van der Waals surface area contributed by atoms with E-state index in [0.717, 1.165) is 41.2 Å². The minimum Gasteiger partial charge on any atom is -0.485 e. The summed E-state index contributed by atoms with van der Waals surface area (Å²) in [6.45, 7) is 11.1. The van der Waals surface area contributed by atoms with Gasteiger partial charge in [0.2, 0.25) is 0 Å². The van der Waals surface area contributed by atoms with E-state index in [4.69, 9.17) is 14.7 Å². The largest absolute Gasteiger partial charge is 0.485 e. The molecule has 6 heteroatoms. The maximum Gasteiger partial charge on any atom is 0.132 e. The van der Waals surface area contributed by atoms with Crippen LogP contribution in [-0.4, -0.2) is 45.8 Å². The summed E-state index contributed by atoms with van der Waals surface area (Å²) in [7, 11) is 0. The van der Waals surface area contributed by atoms with Crippen LogP contribution in [-0.2, 0) is 4.74 Å². The predicted octanol–water partition coefficient (Wildman–Crippen LogP) is 5.96. The molecule has 0 saturated heterocycles. The highest BCUT2D eigenvalue weighted by Crippen LogP contribution is 2.44. The maximum atomic E-state index is 6.12. The lowest BCUT2D eigenvalue weighted by Gasteiger charge is -2.43. The number of allylic oxidation sites excluding steroid dienone is 1. The highest BCUT2D eigenvalue weighted by Gasteiger charge is 2.44. The van der Waals surface area contributed by atoms with E-state index in [-0.39, 0.29) is 35.9 Å². The van der Waals surface area contributed by atoms with E-state index < -0.39 is 0 Å². The van der Waals surface area contributed by atoms with Crippen molar-refractivity contribution >= 4 is 23.4 Å². The molecule has 0 saturated carbocycles. The van der Waals surface area contributed by atoms with E-state index in [9.17, 15) is 0 Å². The summed E-state index contributed by atoms with van der Waals surface area (Å²) >= 11 is 0. The van der Waals surface area contributed by atoms with Crippen LogP contribution in [0, 0.1) is 17.8 Å². The van der Waals surface area contributed by atoms with Gasteiger partial charge in [-0.15, -0.1) is 0 Å². The number of aromatic nitrogens is 2. The molecule has 0 aromatic carbocycles. The first-order valence-corrected chi connectivity index (χ1v) is 13.0. The van der Waals surface area contributed by atoms with Gasteiger partial charge in [0.25, 0.3) is 0 Å². The fraction of sp³-hybridized carbons (Fsp3) is 0.433. The summed E-state index contributed by atoms with van der Waals surface area (Å²) in [6, 6.07) is 8.30. The van der Waals surface area contributed by atoms with E-state index in [1.165, 1.54) is 11.1 Å². The van der Waals surface area contributed by atoms with Gasteiger partial charge in [0, 0.05) is 83.1 Å². The molecule has 6 atom stereocenters. The van der Waals surface area contributed by atoms with Gasteiger partial charge in [-0.3, -0.25) is 24.9 Å². The number of hydrogen-bond donors (Lipinski definition) is 0. The lowest BCUT2D eigenvalue weighted by atomic mass is 9.72. The third kappa shape index (κ3) is 4.57. The Kier molecular flexibility index (Phi) is 6.95. The second-order valence-corrected chi connectivity index (χ2v) is 10.2. The Balaban J connectivity index is 1.56. The Morgan fingerprint density at radius 2 is 1.78 bits per heavy atom. The molecule has 0 aliphatic carbocycles. The molecule has 3 aliphatic rings. The molecule has 0 radical (unpaired) electrons. The Hall–Kier alpha value is -3.41. The van der Waals surface area contributed by atoms with Crippen molar-refractivity contribution in [2.45, 2.75) is 65.6 Å². The van der Waals surface area contributed by atoms with Gasteiger partial charge in [-0.05, 0) is 50.5 Å². The average Bonchev–Trinajstić information content (AvgIpc) is 2.91.